The van der Waals surface area contributed by atoms with Crippen molar-refractivity contribution in [2.75, 3.05) is 5.32 Å². The molecule has 4 nitrogen and oxygen atoms in total. The van der Waals surface area contributed by atoms with Crippen molar-refractivity contribution in [3.8, 4) is 0 Å². The molecule has 0 unspecified atom stereocenters. The molecule has 0 spiro atoms. The molecule has 0 saturated heterocycles. The quantitative estimate of drug-likeness (QED) is 0.491. The van der Waals surface area contributed by atoms with Crippen molar-refractivity contribution < 1.29 is 23.2 Å². The molecule has 0 atom stereocenters. The fourth-order valence-corrected chi connectivity index (χ4v) is 1.25. The summed E-state index contributed by atoms with van der Waals surface area (Å²) in [7, 11) is 0. The van der Waals surface area contributed by atoms with E-state index in [-0.39, 0.29) is 5.02 Å². The zero-order valence-electron chi connectivity index (χ0n) is 8.12. The van der Waals surface area contributed by atoms with Crippen LogP contribution < -0.4 is 5.32 Å². The maximum absolute atomic E-state index is 12.6. The minimum Gasteiger partial charge on any atom is -0.411 e. The standard InChI is InChI=1S/C9H6ClF3N2O2/c10-5-1-2-7(15-8(16)4-14-17)6(3-5)9(11,12)13/h1-4,17H,(H,15,16)/b14-4+. The normalized spacial score (nSPS) is 11.8. The van der Waals surface area contributed by atoms with Gasteiger partial charge in [-0.25, -0.2) is 0 Å². The van der Waals surface area contributed by atoms with E-state index < -0.39 is 23.3 Å². The van der Waals surface area contributed by atoms with Crippen molar-refractivity contribution in [1.82, 2.24) is 0 Å². The first-order chi connectivity index (χ1) is 7.84. The molecule has 0 heterocycles. The molecule has 1 aromatic rings. The third-order valence-electron chi connectivity index (χ3n) is 1.72. The van der Waals surface area contributed by atoms with Gasteiger partial charge in [-0.3, -0.25) is 4.79 Å². The van der Waals surface area contributed by atoms with Gasteiger partial charge in [0.2, 0.25) is 0 Å². The monoisotopic (exact) mass is 266 g/mol. The average Bonchev–Trinajstić information content (AvgIpc) is 2.19. The molecule has 0 fully saturated rings. The lowest BCUT2D eigenvalue weighted by atomic mass is 10.1. The predicted octanol–water partition coefficient (Wildman–Crippen LogP) is 2.76. The summed E-state index contributed by atoms with van der Waals surface area (Å²) >= 11 is 5.44. The summed E-state index contributed by atoms with van der Waals surface area (Å²) in [4.78, 5) is 11.0. The largest absolute Gasteiger partial charge is 0.418 e. The van der Waals surface area contributed by atoms with Gasteiger partial charge in [0.15, 0.2) is 0 Å². The van der Waals surface area contributed by atoms with E-state index in [1.807, 2.05) is 5.32 Å². The second kappa shape index (κ2) is 5.05. The number of halogens is 4. The number of carbonyl (C=O) groups is 1. The van der Waals surface area contributed by atoms with Gasteiger partial charge in [0, 0.05) is 5.02 Å². The van der Waals surface area contributed by atoms with E-state index in [0.29, 0.717) is 12.3 Å². The highest BCUT2D eigenvalue weighted by Gasteiger charge is 2.34. The predicted molar refractivity (Wildman–Crippen MR) is 55.4 cm³/mol. The topological polar surface area (TPSA) is 61.7 Å². The first kappa shape index (κ1) is 13.3. The Morgan fingerprint density at radius 3 is 2.65 bits per heavy atom. The van der Waals surface area contributed by atoms with Crippen molar-refractivity contribution in [2.24, 2.45) is 5.16 Å². The SMILES string of the molecule is O=C(/C=N/O)Nc1ccc(Cl)cc1C(F)(F)F. The Kier molecular flexibility index (Phi) is 3.95. The summed E-state index contributed by atoms with van der Waals surface area (Å²) < 4.78 is 37.7. The lowest BCUT2D eigenvalue weighted by Gasteiger charge is -2.12. The van der Waals surface area contributed by atoms with Crippen LogP contribution in [0.1, 0.15) is 5.56 Å². The molecule has 0 saturated carbocycles. The lowest BCUT2D eigenvalue weighted by Crippen LogP contribution is -2.17. The molecule has 0 aromatic heterocycles. The number of benzene rings is 1. The highest BCUT2D eigenvalue weighted by Crippen LogP contribution is 2.36. The fourth-order valence-electron chi connectivity index (χ4n) is 1.08. The zero-order valence-corrected chi connectivity index (χ0v) is 8.88. The molecule has 1 rings (SSSR count). The number of nitrogens with zero attached hydrogens (tertiary/aromatic N) is 1. The van der Waals surface area contributed by atoms with Crippen molar-refractivity contribution in [1.29, 1.82) is 0 Å². The number of rotatable bonds is 2. The second-order valence-corrected chi connectivity index (χ2v) is 3.36. The van der Waals surface area contributed by atoms with Gasteiger partial charge in [-0.2, -0.15) is 13.2 Å². The molecule has 0 aliphatic rings. The summed E-state index contributed by atoms with van der Waals surface area (Å²) in [6.45, 7) is 0. The van der Waals surface area contributed by atoms with E-state index >= 15 is 0 Å². The first-order valence-electron chi connectivity index (χ1n) is 4.19. The van der Waals surface area contributed by atoms with E-state index in [0.717, 1.165) is 6.07 Å². The lowest BCUT2D eigenvalue weighted by molar-refractivity contribution is -0.136. The Bertz CT molecular complexity index is 460. The van der Waals surface area contributed by atoms with Gasteiger partial charge >= 0.3 is 6.18 Å². The molecule has 0 radical (unpaired) electrons. The smallest absolute Gasteiger partial charge is 0.411 e. The molecule has 17 heavy (non-hydrogen) atoms. The Labute approximate surface area is 98.7 Å². The number of oxime groups is 1. The molecular weight excluding hydrogens is 261 g/mol. The van der Waals surface area contributed by atoms with Gasteiger partial charge in [0.25, 0.3) is 5.91 Å². The highest BCUT2D eigenvalue weighted by atomic mass is 35.5. The van der Waals surface area contributed by atoms with E-state index in [1.165, 1.54) is 6.07 Å². The maximum Gasteiger partial charge on any atom is 0.418 e. The van der Waals surface area contributed by atoms with Gasteiger partial charge in [-0.05, 0) is 18.2 Å². The van der Waals surface area contributed by atoms with E-state index in [9.17, 15) is 18.0 Å². The Hall–Kier alpha value is -1.76. The fraction of sp³-hybridized carbons (Fsp3) is 0.111. The summed E-state index contributed by atoms with van der Waals surface area (Å²) in [5.41, 5.74) is -1.54. The van der Waals surface area contributed by atoms with Crippen LogP contribution in [0.3, 0.4) is 0 Å². The molecule has 1 aromatic carbocycles. The van der Waals surface area contributed by atoms with Crippen LogP contribution in [0.2, 0.25) is 5.02 Å². The summed E-state index contributed by atoms with van der Waals surface area (Å²) in [6.07, 6.45) is -4.21. The van der Waals surface area contributed by atoms with Crippen LogP contribution in [0.5, 0.6) is 0 Å². The van der Waals surface area contributed by atoms with Crippen LogP contribution in [-0.2, 0) is 11.0 Å². The maximum atomic E-state index is 12.6. The Morgan fingerprint density at radius 2 is 2.12 bits per heavy atom. The number of nitrogens with one attached hydrogen (secondary N) is 1. The molecule has 0 aliphatic carbocycles. The molecule has 0 aliphatic heterocycles. The first-order valence-corrected chi connectivity index (χ1v) is 4.57. The molecular formula is C9H6ClF3N2O2. The number of anilines is 1. The van der Waals surface area contributed by atoms with E-state index in [2.05, 4.69) is 5.16 Å². The molecule has 2 N–H and O–H groups in total. The van der Waals surface area contributed by atoms with Crippen LogP contribution in [-0.4, -0.2) is 17.3 Å². The van der Waals surface area contributed by atoms with Gasteiger partial charge in [-0.1, -0.05) is 16.8 Å². The Balaban J connectivity index is 3.11. The number of hydrogen-bond acceptors (Lipinski definition) is 3. The number of amides is 1. The second-order valence-electron chi connectivity index (χ2n) is 2.92. The molecule has 92 valence electrons. The minimum atomic E-state index is -4.65. The van der Waals surface area contributed by atoms with Crippen LogP contribution in [0.25, 0.3) is 0 Å². The number of alkyl halides is 3. The highest BCUT2D eigenvalue weighted by molar-refractivity contribution is 6.32. The van der Waals surface area contributed by atoms with Gasteiger partial charge < -0.3 is 10.5 Å². The van der Waals surface area contributed by atoms with Crippen LogP contribution in [0, 0.1) is 0 Å². The van der Waals surface area contributed by atoms with Crippen molar-refractivity contribution in [3.05, 3.63) is 28.8 Å². The average molecular weight is 267 g/mol. The third kappa shape index (κ3) is 3.63. The zero-order chi connectivity index (χ0) is 13.1. The van der Waals surface area contributed by atoms with Crippen molar-refractivity contribution in [2.45, 2.75) is 6.18 Å². The van der Waals surface area contributed by atoms with E-state index in [1.54, 1.807) is 0 Å². The summed E-state index contributed by atoms with van der Waals surface area (Å²) in [5.74, 6) is -0.986. The Morgan fingerprint density at radius 1 is 1.47 bits per heavy atom. The molecule has 8 heteroatoms. The van der Waals surface area contributed by atoms with Gasteiger partial charge in [0.05, 0.1) is 11.3 Å². The summed E-state index contributed by atoms with van der Waals surface area (Å²) in [6, 6.07) is 2.89. The van der Waals surface area contributed by atoms with Crippen molar-refractivity contribution >= 4 is 29.4 Å². The summed E-state index contributed by atoms with van der Waals surface area (Å²) in [5, 5.41) is 12.3. The van der Waals surface area contributed by atoms with Gasteiger partial charge in [0.1, 0.15) is 6.21 Å². The molecule has 0 bridgehead atoms. The van der Waals surface area contributed by atoms with E-state index in [4.69, 9.17) is 16.8 Å². The van der Waals surface area contributed by atoms with Crippen molar-refractivity contribution in [3.63, 3.8) is 0 Å². The molecule has 1 amide bonds. The van der Waals surface area contributed by atoms with Crippen LogP contribution in [0.15, 0.2) is 23.4 Å². The third-order valence-corrected chi connectivity index (χ3v) is 1.95. The minimum absolute atomic E-state index is 0.105. The number of carbonyl (C=O) groups excluding carboxylic acids is 1. The van der Waals surface area contributed by atoms with Crippen LogP contribution in [0.4, 0.5) is 18.9 Å². The van der Waals surface area contributed by atoms with Gasteiger partial charge in [-0.15, -0.1) is 0 Å². The van der Waals surface area contributed by atoms with Crippen LogP contribution >= 0.6 is 11.6 Å². The number of hydrogen-bond donors (Lipinski definition) is 2.